The van der Waals surface area contributed by atoms with Gasteiger partial charge in [-0.25, -0.2) is 9.97 Å². The fourth-order valence-electron chi connectivity index (χ4n) is 4.54. The standard InChI is InChI=1S/C20H25N5O2/c1-12-17(13(2)27-23-12)5-20(26)25-9-15-7-24(8-16(15)10-25)19-6-18(14-3-4-14)21-11-22-19/h6,11,14-16H,3-5,7-10H2,1-2H3. The minimum absolute atomic E-state index is 0.184. The summed E-state index contributed by atoms with van der Waals surface area (Å²) in [6, 6.07) is 2.17. The maximum absolute atomic E-state index is 12.7. The van der Waals surface area contributed by atoms with Crippen molar-refractivity contribution in [3.05, 3.63) is 35.1 Å². The summed E-state index contributed by atoms with van der Waals surface area (Å²) in [6.07, 6.45) is 4.60. The molecule has 2 atom stereocenters. The van der Waals surface area contributed by atoms with Crippen LogP contribution in [0.25, 0.3) is 0 Å². The molecule has 142 valence electrons. The molecule has 1 amide bonds. The Bertz CT molecular complexity index is 842. The van der Waals surface area contributed by atoms with Crippen LogP contribution >= 0.6 is 0 Å². The molecule has 3 fully saturated rings. The highest BCUT2D eigenvalue weighted by molar-refractivity contribution is 5.79. The van der Waals surface area contributed by atoms with E-state index in [9.17, 15) is 4.79 Å². The minimum atomic E-state index is 0.184. The van der Waals surface area contributed by atoms with E-state index in [2.05, 4.69) is 26.1 Å². The van der Waals surface area contributed by atoms with Crippen molar-refractivity contribution in [2.24, 2.45) is 11.8 Å². The maximum atomic E-state index is 12.7. The molecule has 2 unspecified atom stereocenters. The Hall–Kier alpha value is -2.44. The molecule has 1 saturated carbocycles. The summed E-state index contributed by atoms with van der Waals surface area (Å²) in [5, 5.41) is 3.96. The molecular weight excluding hydrogens is 342 g/mol. The summed E-state index contributed by atoms with van der Waals surface area (Å²) < 4.78 is 5.19. The highest BCUT2D eigenvalue weighted by Gasteiger charge is 2.42. The Morgan fingerprint density at radius 3 is 2.52 bits per heavy atom. The normalized spacial score (nSPS) is 24.5. The molecule has 0 bridgehead atoms. The summed E-state index contributed by atoms with van der Waals surface area (Å²) in [4.78, 5) is 26.1. The lowest BCUT2D eigenvalue weighted by Gasteiger charge is -2.22. The van der Waals surface area contributed by atoms with Gasteiger partial charge in [-0.2, -0.15) is 0 Å². The van der Waals surface area contributed by atoms with E-state index in [1.165, 1.54) is 18.5 Å². The largest absolute Gasteiger partial charge is 0.361 e. The third kappa shape index (κ3) is 3.09. The van der Waals surface area contributed by atoms with Gasteiger partial charge in [0.2, 0.25) is 5.91 Å². The van der Waals surface area contributed by atoms with E-state index >= 15 is 0 Å². The zero-order chi connectivity index (χ0) is 18.5. The highest BCUT2D eigenvalue weighted by atomic mass is 16.5. The molecule has 1 aliphatic carbocycles. The lowest BCUT2D eigenvalue weighted by molar-refractivity contribution is -0.129. The first kappa shape index (κ1) is 16.7. The van der Waals surface area contributed by atoms with Crippen molar-refractivity contribution in [3.8, 4) is 0 Å². The molecule has 7 heteroatoms. The third-order valence-electron chi connectivity index (χ3n) is 6.34. The lowest BCUT2D eigenvalue weighted by atomic mass is 10.0. The number of hydrogen-bond donors (Lipinski definition) is 0. The van der Waals surface area contributed by atoms with Gasteiger partial charge in [0.05, 0.1) is 12.1 Å². The average Bonchev–Trinajstić information content (AvgIpc) is 3.22. The molecular formula is C20H25N5O2. The summed E-state index contributed by atoms with van der Waals surface area (Å²) in [5.74, 6) is 3.68. The fourth-order valence-corrected chi connectivity index (χ4v) is 4.54. The fraction of sp³-hybridized carbons (Fsp3) is 0.600. The van der Waals surface area contributed by atoms with E-state index in [1.54, 1.807) is 6.33 Å². The van der Waals surface area contributed by atoms with Gasteiger partial charge >= 0.3 is 0 Å². The molecule has 2 aliphatic heterocycles. The number of carbonyl (C=O) groups is 1. The summed E-state index contributed by atoms with van der Waals surface area (Å²) in [6.45, 7) is 7.39. The first-order valence-corrected chi connectivity index (χ1v) is 9.85. The van der Waals surface area contributed by atoms with Crippen molar-refractivity contribution in [2.75, 3.05) is 31.1 Å². The molecule has 27 heavy (non-hydrogen) atoms. The number of rotatable bonds is 4. The Morgan fingerprint density at radius 1 is 1.15 bits per heavy atom. The number of likely N-dealkylation sites (tertiary alicyclic amines) is 1. The Kier molecular flexibility index (Phi) is 3.91. The number of nitrogens with zero attached hydrogens (tertiary/aromatic N) is 5. The molecule has 2 aromatic rings. The van der Waals surface area contributed by atoms with Gasteiger partial charge in [0.25, 0.3) is 0 Å². The summed E-state index contributed by atoms with van der Waals surface area (Å²) in [5.41, 5.74) is 2.95. The van der Waals surface area contributed by atoms with Gasteiger partial charge in [0, 0.05) is 61.3 Å². The Morgan fingerprint density at radius 2 is 1.89 bits per heavy atom. The van der Waals surface area contributed by atoms with Crippen LogP contribution in [0.5, 0.6) is 0 Å². The molecule has 0 N–H and O–H groups in total. The Balaban J connectivity index is 1.22. The number of amides is 1. The van der Waals surface area contributed by atoms with E-state index in [-0.39, 0.29) is 5.91 Å². The van der Waals surface area contributed by atoms with E-state index in [0.717, 1.165) is 49.0 Å². The van der Waals surface area contributed by atoms with Crippen molar-refractivity contribution >= 4 is 11.7 Å². The molecule has 2 aromatic heterocycles. The number of aromatic nitrogens is 3. The van der Waals surface area contributed by atoms with Crippen molar-refractivity contribution in [3.63, 3.8) is 0 Å². The van der Waals surface area contributed by atoms with Crippen LogP contribution in [-0.2, 0) is 11.2 Å². The number of hydrogen-bond acceptors (Lipinski definition) is 6. The summed E-state index contributed by atoms with van der Waals surface area (Å²) in [7, 11) is 0. The van der Waals surface area contributed by atoms with Gasteiger partial charge < -0.3 is 14.3 Å². The maximum Gasteiger partial charge on any atom is 0.227 e. The van der Waals surface area contributed by atoms with Crippen molar-refractivity contribution in [1.29, 1.82) is 0 Å². The number of aryl methyl sites for hydroxylation is 2. The van der Waals surface area contributed by atoms with E-state index in [1.807, 2.05) is 18.7 Å². The average molecular weight is 367 g/mol. The van der Waals surface area contributed by atoms with Crippen LogP contribution in [0.1, 0.15) is 41.5 Å². The third-order valence-corrected chi connectivity index (χ3v) is 6.34. The van der Waals surface area contributed by atoms with Gasteiger partial charge in [-0.05, 0) is 26.7 Å². The van der Waals surface area contributed by atoms with Gasteiger partial charge in [0.1, 0.15) is 17.9 Å². The van der Waals surface area contributed by atoms with Crippen molar-refractivity contribution < 1.29 is 9.32 Å². The summed E-state index contributed by atoms with van der Waals surface area (Å²) >= 11 is 0. The molecule has 5 rings (SSSR count). The second-order valence-electron chi connectivity index (χ2n) is 8.28. The molecule has 4 heterocycles. The van der Waals surface area contributed by atoms with Crippen LogP contribution in [0.4, 0.5) is 5.82 Å². The predicted molar refractivity (Wildman–Crippen MR) is 99.5 cm³/mol. The topological polar surface area (TPSA) is 75.4 Å². The molecule has 7 nitrogen and oxygen atoms in total. The van der Waals surface area contributed by atoms with E-state index in [4.69, 9.17) is 4.52 Å². The van der Waals surface area contributed by atoms with Crippen LogP contribution < -0.4 is 4.90 Å². The predicted octanol–water partition coefficient (Wildman–Crippen LogP) is 2.10. The van der Waals surface area contributed by atoms with Gasteiger partial charge in [0.15, 0.2) is 0 Å². The van der Waals surface area contributed by atoms with Crippen molar-refractivity contribution in [2.45, 2.75) is 39.0 Å². The van der Waals surface area contributed by atoms with Crippen LogP contribution in [-0.4, -0.2) is 52.1 Å². The molecule has 0 aromatic carbocycles. The monoisotopic (exact) mass is 367 g/mol. The molecule has 3 aliphatic rings. The quantitative estimate of drug-likeness (QED) is 0.824. The van der Waals surface area contributed by atoms with Gasteiger partial charge in [-0.3, -0.25) is 4.79 Å². The Labute approximate surface area is 158 Å². The smallest absolute Gasteiger partial charge is 0.227 e. The van der Waals surface area contributed by atoms with E-state index < -0.39 is 0 Å². The van der Waals surface area contributed by atoms with Gasteiger partial charge in [-0.15, -0.1) is 0 Å². The lowest BCUT2D eigenvalue weighted by Crippen LogP contribution is -2.34. The van der Waals surface area contributed by atoms with Gasteiger partial charge in [-0.1, -0.05) is 5.16 Å². The van der Waals surface area contributed by atoms with E-state index in [0.29, 0.717) is 24.2 Å². The molecule has 2 saturated heterocycles. The number of carbonyl (C=O) groups excluding carboxylic acids is 1. The zero-order valence-electron chi connectivity index (χ0n) is 15.9. The number of anilines is 1. The van der Waals surface area contributed by atoms with Crippen molar-refractivity contribution in [1.82, 2.24) is 20.0 Å². The van der Waals surface area contributed by atoms with Crippen LogP contribution in [0, 0.1) is 25.7 Å². The van der Waals surface area contributed by atoms with Crippen LogP contribution in [0.3, 0.4) is 0 Å². The number of fused-ring (bicyclic) bond motifs is 1. The SMILES string of the molecule is Cc1noc(C)c1CC(=O)N1CC2CN(c3cc(C4CC4)ncn3)CC2C1. The second-order valence-corrected chi connectivity index (χ2v) is 8.28. The first-order valence-electron chi connectivity index (χ1n) is 9.85. The van der Waals surface area contributed by atoms with Crippen LogP contribution in [0.2, 0.25) is 0 Å². The first-order chi connectivity index (χ1) is 13.1. The highest BCUT2D eigenvalue weighted by Crippen LogP contribution is 2.40. The molecule has 0 spiro atoms. The molecule has 0 radical (unpaired) electrons. The van der Waals surface area contributed by atoms with Crippen LogP contribution in [0.15, 0.2) is 16.9 Å². The zero-order valence-corrected chi connectivity index (χ0v) is 15.9. The minimum Gasteiger partial charge on any atom is -0.361 e. The second kappa shape index (κ2) is 6.32.